The molecule has 6 heteroatoms. The summed E-state index contributed by atoms with van der Waals surface area (Å²) in [6.45, 7) is 3.87. The zero-order chi connectivity index (χ0) is 14.2. The van der Waals surface area contributed by atoms with E-state index in [1.54, 1.807) is 18.4 Å². The molecule has 5 nitrogen and oxygen atoms in total. The molecule has 2 rings (SSSR count). The van der Waals surface area contributed by atoms with E-state index in [2.05, 4.69) is 22.2 Å². The molecule has 108 valence electrons. The summed E-state index contributed by atoms with van der Waals surface area (Å²) in [4.78, 5) is 9.88. The summed E-state index contributed by atoms with van der Waals surface area (Å²) in [6.07, 6.45) is 1.04. The summed E-state index contributed by atoms with van der Waals surface area (Å²) in [6, 6.07) is 5.87. The summed E-state index contributed by atoms with van der Waals surface area (Å²) in [5, 5.41) is 5.27. The Morgan fingerprint density at radius 2 is 2.20 bits per heavy atom. The van der Waals surface area contributed by atoms with Gasteiger partial charge in [0, 0.05) is 24.6 Å². The second-order valence-corrected chi connectivity index (χ2v) is 5.27. The van der Waals surface area contributed by atoms with E-state index in [0.717, 1.165) is 18.8 Å². The maximum Gasteiger partial charge on any atom is 0.219 e. The third kappa shape index (κ3) is 4.47. The Hall–Kier alpha value is -1.66. The van der Waals surface area contributed by atoms with E-state index in [4.69, 9.17) is 9.47 Å². The minimum absolute atomic E-state index is 0.372. The fourth-order valence-corrected chi connectivity index (χ4v) is 2.24. The van der Waals surface area contributed by atoms with Crippen molar-refractivity contribution in [3.05, 3.63) is 34.3 Å². The lowest BCUT2D eigenvalue weighted by Crippen LogP contribution is -2.07. The summed E-state index contributed by atoms with van der Waals surface area (Å²) < 4.78 is 10.8. The first-order valence-corrected chi connectivity index (χ1v) is 7.45. The molecule has 0 aromatic carbocycles. The number of thiophene rings is 1. The molecule has 0 aliphatic carbocycles. The van der Waals surface area contributed by atoms with Crippen LogP contribution in [-0.2, 0) is 18.0 Å². The molecule has 0 aliphatic heterocycles. The van der Waals surface area contributed by atoms with Crippen LogP contribution < -0.4 is 10.1 Å². The number of ether oxygens (including phenoxy) is 2. The molecule has 2 aromatic heterocycles. The third-order valence-electron chi connectivity index (χ3n) is 2.52. The second-order valence-electron chi connectivity index (χ2n) is 4.24. The Labute approximate surface area is 123 Å². The summed E-state index contributed by atoms with van der Waals surface area (Å²) in [7, 11) is 1.63. The molecule has 0 spiro atoms. The number of aromatic nitrogens is 2. The highest BCUT2D eigenvalue weighted by atomic mass is 32.1. The van der Waals surface area contributed by atoms with E-state index in [1.165, 1.54) is 4.88 Å². The summed E-state index contributed by atoms with van der Waals surface area (Å²) >= 11 is 1.67. The molecular formula is C14H19N3O2S. The predicted octanol–water partition coefficient (Wildman–Crippen LogP) is 3.09. The summed E-state index contributed by atoms with van der Waals surface area (Å²) in [5.41, 5.74) is 0. The molecule has 0 unspecified atom stereocenters. The number of anilines is 1. The highest BCUT2D eigenvalue weighted by Gasteiger charge is 2.06. The van der Waals surface area contributed by atoms with Gasteiger partial charge in [-0.1, -0.05) is 13.0 Å². The quantitative estimate of drug-likeness (QED) is 0.810. The van der Waals surface area contributed by atoms with E-state index in [0.29, 0.717) is 24.9 Å². The smallest absolute Gasteiger partial charge is 0.219 e. The number of hydrogen-bond donors (Lipinski definition) is 1. The van der Waals surface area contributed by atoms with E-state index < -0.39 is 0 Å². The normalized spacial score (nSPS) is 10.5. The number of methoxy groups -OCH3 is 1. The van der Waals surface area contributed by atoms with Crippen LogP contribution in [0, 0.1) is 0 Å². The molecule has 2 aromatic rings. The first kappa shape index (κ1) is 14.7. The fourth-order valence-electron chi connectivity index (χ4n) is 1.62. The van der Waals surface area contributed by atoms with Crippen molar-refractivity contribution in [2.24, 2.45) is 0 Å². The molecule has 0 saturated heterocycles. The van der Waals surface area contributed by atoms with Gasteiger partial charge in [0.1, 0.15) is 19.0 Å². The molecular weight excluding hydrogens is 274 g/mol. The lowest BCUT2D eigenvalue weighted by atomic mass is 10.4. The monoisotopic (exact) mass is 293 g/mol. The van der Waals surface area contributed by atoms with E-state index in [9.17, 15) is 0 Å². The molecule has 0 saturated carbocycles. The average Bonchev–Trinajstić information content (AvgIpc) is 2.96. The van der Waals surface area contributed by atoms with Gasteiger partial charge < -0.3 is 14.8 Å². The number of hydrogen-bond acceptors (Lipinski definition) is 6. The van der Waals surface area contributed by atoms with Crippen molar-refractivity contribution in [1.82, 2.24) is 9.97 Å². The predicted molar refractivity (Wildman–Crippen MR) is 80.2 cm³/mol. The molecule has 0 atom stereocenters. The standard InChI is InChI=1S/C14H19N3O2S/c1-3-6-15-12-8-14(17-13(16-12)10-18-2)19-9-11-5-4-7-20-11/h4-5,7-8H,3,6,9-10H2,1-2H3,(H,15,16,17). The van der Waals surface area contributed by atoms with Crippen molar-refractivity contribution in [1.29, 1.82) is 0 Å². The number of rotatable bonds is 8. The highest BCUT2D eigenvalue weighted by Crippen LogP contribution is 2.17. The first-order valence-electron chi connectivity index (χ1n) is 6.57. The van der Waals surface area contributed by atoms with Crippen molar-refractivity contribution >= 4 is 17.2 Å². The van der Waals surface area contributed by atoms with Crippen LogP contribution in [0.25, 0.3) is 0 Å². The number of nitrogens with zero attached hydrogens (tertiary/aromatic N) is 2. The Morgan fingerprint density at radius 1 is 1.30 bits per heavy atom. The topological polar surface area (TPSA) is 56.3 Å². The van der Waals surface area contributed by atoms with Crippen LogP contribution >= 0.6 is 11.3 Å². The van der Waals surface area contributed by atoms with Crippen LogP contribution in [0.15, 0.2) is 23.6 Å². The van der Waals surface area contributed by atoms with Crippen molar-refractivity contribution in [2.45, 2.75) is 26.6 Å². The first-order chi connectivity index (χ1) is 9.81. The number of nitrogens with one attached hydrogen (secondary N) is 1. The highest BCUT2D eigenvalue weighted by molar-refractivity contribution is 7.09. The minimum Gasteiger partial charge on any atom is -0.472 e. The van der Waals surface area contributed by atoms with Gasteiger partial charge in [-0.2, -0.15) is 4.98 Å². The fraction of sp³-hybridized carbons (Fsp3) is 0.429. The van der Waals surface area contributed by atoms with Crippen LogP contribution in [-0.4, -0.2) is 23.6 Å². The maximum absolute atomic E-state index is 5.72. The minimum atomic E-state index is 0.372. The lowest BCUT2D eigenvalue weighted by Gasteiger charge is -2.09. The molecule has 2 heterocycles. The van der Waals surface area contributed by atoms with Gasteiger partial charge in [-0.15, -0.1) is 11.3 Å². The van der Waals surface area contributed by atoms with Gasteiger partial charge in [-0.3, -0.25) is 0 Å². The zero-order valence-corrected chi connectivity index (χ0v) is 12.6. The van der Waals surface area contributed by atoms with Gasteiger partial charge >= 0.3 is 0 Å². The summed E-state index contributed by atoms with van der Waals surface area (Å²) in [5.74, 6) is 1.96. The third-order valence-corrected chi connectivity index (χ3v) is 3.37. The van der Waals surface area contributed by atoms with Gasteiger partial charge in [0.2, 0.25) is 5.88 Å². The van der Waals surface area contributed by atoms with Gasteiger partial charge in [-0.05, 0) is 17.9 Å². The van der Waals surface area contributed by atoms with Gasteiger partial charge in [0.15, 0.2) is 5.82 Å². The van der Waals surface area contributed by atoms with Crippen LogP contribution in [0.1, 0.15) is 24.0 Å². The Balaban J connectivity index is 2.06. The van der Waals surface area contributed by atoms with Gasteiger partial charge in [0.25, 0.3) is 0 Å². The Bertz CT molecular complexity index is 517. The van der Waals surface area contributed by atoms with Crippen molar-refractivity contribution in [3.8, 4) is 5.88 Å². The molecule has 0 amide bonds. The van der Waals surface area contributed by atoms with Crippen LogP contribution in [0.5, 0.6) is 5.88 Å². The molecule has 0 aliphatic rings. The molecule has 0 bridgehead atoms. The Kier molecular flexibility index (Phi) is 5.76. The van der Waals surface area contributed by atoms with E-state index in [-0.39, 0.29) is 0 Å². The SMILES string of the molecule is CCCNc1cc(OCc2cccs2)nc(COC)n1. The zero-order valence-electron chi connectivity index (χ0n) is 11.8. The lowest BCUT2D eigenvalue weighted by molar-refractivity contribution is 0.176. The Morgan fingerprint density at radius 3 is 2.90 bits per heavy atom. The average molecular weight is 293 g/mol. The van der Waals surface area contributed by atoms with Gasteiger partial charge in [0.05, 0.1) is 0 Å². The molecule has 0 fully saturated rings. The van der Waals surface area contributed by atoms with Gasteiger partial charge in [-0.25, -0.2) is 4.98 Å². The van der Waals surface area contributed by atoms with Crippen molar-refractivity contribution in [2.75, 3.05) is 19.0 Å². The van der Waals surface area contributed by atoms with Crippen LogP contribution in [0.2, 0.25) is 0 Å². The molecule has 0 radical (unpaired) electrons. The van der Waals surface area contributed by atoms with Crippen LogP contribution in [0.3, 0.4) is 0 Å². The molecule has 1 N–H and O–H groups in total. The van der Waals surface area contributed by atoms with E-state index >= 15 is 0 Å². The molecule has 20 heavy (non-hydrogen) atoms. The van der Waals surface area contributed by atoms with Crippen molar-refractivity contribution in [3.63, 3.8) is 0 Å². The van der Waals surface area contributed by atoms with E-state index in [1.807, 2.05) is 23.6 Å². The largest absolute Gasteiger partial charge is 0.472 e. The van der Waals surface area contributed by atoms with Crippen LogP contribution in [0.4, 0.5) is 5.82 Å². The van der Waals surface area contributed by atoms with Crippen molar-refractivity contribution < 1.29 is 9.47 Å². The maximum atomic E-state index is 5.72. The second kappa shape index (κ2) is 7.81.